The zero-order chi connectivity index (χ0) is 25.4. The molecule has 3 aromatic heterocycles. The average molecular weight is 505 g/mol. The lowest BCUT2D eigenvalue weighted by Gasteiger charge is -2.08. The van der Waals surface area contributed by atoms with Crippen LogP contribution in [0.2, 0.25) is 0 Å². The highest BCUT2D eigenvalue weighted by Gasteiger charge is 2.29. The molecule has 36 heavy (non-hydrogen) atoms. The SMILES string of the molecule is CC(C)S(=O)(=O)c1ccc(NC(=O)c2n[nH]c3ccc(-c4cncc(NC(=O)C5CC5)c4)cc23)cn1. The number of sulfone groups is 1. The van der Waals surface area contributed by atoms with E-state index in [9.17, 15) is 18.0 Å². The predicted octanol–water partition coefficient (Wildman–Crippen LogP) is 3.80. The number of hydrogen-bond donors (Lipinski definition) is 3. The van der Waals surface area contributed by atoms with Gasteiger partial charge in [0.05, 0.1) is 34.5 Å². The molecule has 1 aromatic carbocycles. The van der Waals surface area contributed by atoms with E-state index in [0.717, 1.165) is 24.0 Å². The number of nitrogens with one attached hydrogen (secondary N) is 3. The number of hydrogen-bond acceptors (Lipinski definition) is 7. The number of benzene rings is 1. The van der Waals surface area contributed by atoms with Gasteiger partial charge in [0.15, 0.2) is 20.6 Å². The Bertz CT molecular complexity index is 1570. The summed E-state index contributed by atoms with van der Waals surface area (Å²) in [6, 6.07) is 10.2. The molecule has 10 nitrogen and oxygen atoms in total. The fourth-order valence-electron chi connectivity index (χ4n) is 3.68. The number of amides is 2. The maximum absolute atomic E-state index is 13.0. The normalized spacial score (nSPS) is 13.6. The van der Waals surface area contributed by atoms with E-state index in [0.29, 0.717) is 22.3 Å². The minimum atomic E-state index is -3.51. The van der Waals surface area contributed by atoms with E-state index >= 15 is 0 Å². The molecular weight excluding hydrogens is 480 g/mol. The minimum Gasteiger partial charge on any atom is -0.324 e. The fourth-order valence-corrected chi connectivity index (χ4v) is 4.62. The molecule has 11 heteroatoms. The molecule has 1 fully saturated rings. The van der Waals surface area contributed by atoms with Gasteiger partial charge in [-0.25, -0.2) is 13.4 Å². The van der Waals surface area contributed by atoms with Crippen LogP contribution in [0.3, 0.4) is 0 Å². The molecule has 1 saturated carbocycles. The van der Waals surface area contributed by atoms with Crippen molar-refractivity contribution in [3.05, 3.63) is 60.7 Å². The molecule has 0 spiro atoms. The lowest BCUT2D eigenvalue weighted by atomic mass is 10.0. The third kappa shape index (κ3) is 4.69. The summed E-state index contributed by atoms with van der Waals surface area (Å²) in [5, 5.41) is 12.6. The highest BCUT2D eigenvalue weighted by molar-refractivity contribution is 7.91. The van der Waals surface area contributed by atoms with Crippen LogP contribution in [-0.2, 0) is 14.6 Å². The Morgan fingerprint density at radius 2 is 1.78 bits per heavy atom. The molecule has 0 aliphatic heterocycles. The molecule has 0 atom stereocenters. The number of pyridine rings is 2. The Hall–Kier alpha value is -4.12. The van der Waals surface area contributed by atoms with Crippen molar-refractivity contribution in [2.24, 2.45) is 5.92 Å². The molecule has 1 aliphatic carbocycles. The van der Waals surface area contributed by atoms with Crippen LogP contribution in [0.4, 0.5) is 11.4 Å². The van der Waals surface area contributed by atoms with E-state index in [-0.39, 0.29) is 22.5 Å². The number of aromatic nitrogens is 4. The number of fused-ring (bicyclic) bond motifs is 1. The van der Waals surface area contributed by atoms with Crippen molar-refractivity contribution in [1.82, 2.24) is 20.2 Å². The summed E-state index contributed by atoms with van der Waals surface area (Å²) in [6.45, 7) is 3.17. The molecule has 1 aliphatic rings. The van der Waals surface area contributed by atoms with Crippen molar-refractivity contribution in [2.75, 3.05) is 10.6 Å². The first-order valence-corrected chi connectivity index (χ1v) is 13.0. The van der Waals surface area contributed by atoms with Gasteiger partial charge in [-0.3, -0.25) is 19.7 Å². The molecule has 4 aromatic rings. The van der Waals surface area contributed by atoms with Crippen molar-refractivity contribution >= 4 is 43.9 Å². The van der Waals surface area contributed by atoms with Gasteiger partial charge in [0.25, 0.3) is 5.91 Å². The molecule has 0 radical (unpaired) electrons. The van der Waals surface area contributed by atoms with Crippen LogP contribution in [0.1, 0.15) is 37.2 Å². The lowest BCUT2D eigenvalue weighted by molar-refractivity contribution is -0.117. The van der Waals surface area contributed by atoms with E-state index in [1.807, 2.05) is 24.3 Å². The standard InChI is InChI=1S/C25H24N6O4S/c1-14(2)36(34,35)22-8-6-18(13-27-22)28-25(33)23-20-10-16(5-7-21(20)30-31-23)17-9-19(12-26-11-17)29-24(32)15-3-4-15/h5-15H,3-4H2,1-2H3,(H,28,33)(H,29,32)(H,30,31). The van der Waals surface area contributed by atoms with Crippen LogP contribution in [0.25, 0.3) is 22.0 Å². The number of aromatic amines is 1. The van der Waals surface area contributed by atoms with E-state index < -0.39 is 21.0 Å². The van der Waals surface area contributed by atoms with Crippen molar-refractivity contribution in [1.29, 1.82) is 0 Å². The van der Waals surface area contributed by atoms with Crippen LogP contribution in [0.5, 0.6) is 0 Å². The second kappa shape index (κ2) is 9.15. The van der Waals surface area contributed by atoms with Gasteiger partial charge >= 0.3 is 0 Å². The zero-order valence-electron chi connectivity index (χ0n) is 19.6. The topological polar surface area (TPSA) is 147 Å². The fraction of sp³-hybridized carbons (Fsp3) is 0.240. The van der Waals surface area contributed by atoms with Gasteiger partial charge in [-0.2, -0.15) is 5.10 Å². The highest BCUT2D eigenvalue weighted by Crippen LogP contribution is 2.31. The second-order valence-corrected chi connectivity index (χ2v) is 11.4. The lowest BCUT2D eigenvalue weighted by Crippen LogP contribution is -2.16. The van der Waals surface area contributed by atoms with E-state index in [1.165, 1.54) is 18.3 Å². The molecule has 184 valence electrons. The Kier molecular flexibility index (Phi) is 6.00. The van der Waals surface area contributed by atoms with Gasteiger partial charge < -0.3 is 10.6 Å². The van der Waals surface area contributed by atoms with E-state index in [1.54, 1.807) is 26.2 Å². The van der Waals surface area contributed by atoms with Crippen LogP contribution in [0.15, 0.2) is 60.0 Å². The van der Waals surface area contributed by atoms with Gasteiger partial charge in [-0.15, -0.1) is 0 Å². The van der Waals surface area contributed by atoms with Crippen molar-refractivity contribution < 1.29 is 18.0 Å². The first-order chi connectivity index (χ1) is 17.2. The summed E-state index contributed by atoms with van der Waals surface area (Å²) in [7, 11) is -3.51. The summed E-state index contributed by atoms with van der Waals surface area (Å²) >= 11 is 0. The Labute approximate surface area is 207 Å². The Morgan fingerprint density at radius 3 is 2.47 bits per heavy atom. The molecule has 0 bridgehead atoms. The first kappa shape index (κ1) is 23.6. The minimum absolute atomic E-state index is 0.00233. The van der Waals surface area contributed by atoms with Gasteiger partial charge in [0.2, 0.25) is 5.91 Å². The molecule has 0 saturated heterocycles. The van der Waals surface area contributed by atoms with Crippen LogP contribution >= 0.6 is 0 Å². The largest absolute Gasteiger partial charge is 0.324 e. The number of anilines is 2. The van der Waals surface area contributed by atoms with Gasteiger partial charge in [0, 0.05) is 23.1 Å². The van der Waals surface area contributed by atoms with Crippen LogP contribution in [0, 0.1) is 5.92 Å². The third-order valence-electron chi connectivity index (χ3n) is 5.97. The second-order valence-electron chi connectivity index (χ2n) is 8.99. The number of carbonyl (C=O) groups excluding carboxylic acids is 2. The average Bonchev–Trinajstić information content (AvgIpc) is 3.63. The first-order valence-electron chi connectivity index (χ1n) is 11.5. The van der Waals surface area contributed by atoms with Crippen molar-refractivity contribution in [3.8, 4) is 11.1 Å². The molecular formula is C25H24N6O4S. The summed E-state index contributed by atoms with van der Waals surface area (Å²) in [5.74, 6) is -0.381. The van der Waals surface area contributed by atoms with E-state index in [2.05, 4.69) is 30.8 Å². The molecule has 2 amide bonds. The number of H-pyrrole nitrogens is 1. The quantitative estimate of drug-likeness (QED) is 0.347. The predicted molar refractivity (Wildman–Crippen MR) is 135 cm³/mol. The number of rotatable bonds is 7. The monoisotopic (exact) mass is 504 g/mol. The highest BCUT2D eigenvalue weighted by atomic mass is 32.2. The molecule has 0 unspecified atom stereocenters. The van der Waals surface area contributed by atoms with Crippen molar-refractivity contribution in [3.63, 3.8) is 0 Å². The molecule has 5 rings (SSSR count). The molecule has 3 N–H and O–H groups in total. The van der Waals surface area contributed by atoms with E-state index in [4.69, 9.17) is 0 Å². The number of nitrogens with zero attached hydrogens (tertiary/aromatic N) is 3. The Morgan fingerprint density at radius 1 is 0.972 bits per heavy atom. The summed E-state index contributed by atoms with van der Waals surface area (Å²) in [4.78, 5) is 33.3. The molecule has 3 heterocycles. The zero-order valence-corrected chi connectivity index (χ0v) is 20.5. The van der Waals surface area contributed by atoms with Crippen LogP contribution in [-0.4, -0.2) is 45.6 Å². The van der Waals surface area contributed by atoms with Crippen molar-refractivity contribution in [2.45, 2.75) is 37.0 Å². The van der Waals surface area contributed by atoms with Crippen LogP contribution < -0.4 is 10.6 Å². The van der Waals surface area contributed by atoms with Gasteiger partial charge in [-0.05, 0) is 62.6 Å². The number of carbonyl (C=O) groups is 2. The smallest absolute Gasteiger partial charge is 0.276 e. The summed E-state index contributed by atoms with van der Waals surface area (Å²) < 4.78 is 24.5. The van der Waals surface area contributed by atoms with Gasteiger partial charge in [0.1, 0.15) is 0 Å². The Balaban J connectivity index is 1.38. The maximum atomic E-state index is 13.0. The third-order valence-corrected chi connectivity index (χ3v) is 8.04. The summed E-state index contributed by atoms with van der Waals surface area (Å²) in [5.41, 5.74) is 3.40. The maximum Gasteiger partial charge on any atom is 0.276 e. The van der Waals surface area contributed by atoms with Gasteiger partial charge in [-0.1, -0.05) is 6.07 Å². The summed E-state index contributed by atoms with van der Waals surface area (Å²) in [6.07, 6.45) is 6.42.